The number of nitrogens with one attached hydrogen (secondary N) is 1. The number of benzene rings is 3. The lowest BCUT2D eigenvalue weighted by Crippen LogP contribution is -1.95. The number of nitriles is 2. The summed E-state index contributed by atoms with van der Waals surface area (Å²) in [5, 5.41) is 23.5. The SMILES string of the molecule is N#Cc1ccccc1Nc1ccc(C#N)c2ccccc12. The largest absolute Gasteiger partial charge is 0.354 e. The van der Waals surface area contributed by atoms with E-state index in [1.54, 1.807) is 12.1 Å². The van der Waals surface area contributed by atoms with Crippen LogP contribution < -0.4 is 5.32 Å². The number of fused-ring (bicyclic) bond motifs is 1. The van der Waals surface area contributed by atoms with Crippen LogP contribution in [-0.2, 0) is 0 Å². The van der Waals surface area contributed by atoms with E-state index in [9.17, 15) is 5.26 Å². The Morgan fingerprint density at radius 2 is 1.29 bits per heavy atom. The molecule has 0 aromatic heterocycles. The van der Waals surface area contributed by atoms with Crippen LogP contribution in [0.3, 0.4) is 0 Å². The second-order valence-corrected chi connectivity index (χ2v) is 4.60. The molecule has 0 atom stereocenters. The lowest BCUT2D eigenvalue weighted by molar-refractivity contribution is 1.46. The molecule has 0 heterocycles. The van der Waals surface area contributed by atoms with Gasteiger partial charge in [0.2, 0.25) is 0 Å². The van der Waals surface area contributed by atoms with Crippen LogP contribution in [0.25, 0.3) is 10.8 Å². The molecule has 3 heteroatoms. The summed E-state index contributed by atoms with van der Waals surface area (Å²) >= 11 is 0. The fraction of sp³-hybridized carbons (Fsp3) is 0. The molecule has 98 valence electrons. The van der Waals surface area contributed by atoms with Crippen LogP contribution >= 0.6 is 0 Å². The van der Waals surface area contributed by atoms with Crippen LogP contribution in [-0.4, -0.2) is 0 Å². The molecule has 21 heavy (non-hydrogen) atoms. The van der Waals surface area contributed by atoms with E-state index in [2.05, 4.69) is 17.5 Å². The van der Waals surface area contributed by atoms with Gasteiger partial charge in [0.25, 0.3) is 0 Å². The minimum atomic E-state index is 0.589. The molecule has 3 aromatic rings. The summed E-state index contributed by atoms with van der Waals surface area (Å²) in [6.07, 6.45) is 0. The molecule has 0 bridgehead atoms. The zero-order valence-corrected chi connectivity index (χ0v) is 11.2. The first-order valence-electron chi connectivity index (χ1n) is 6.51. The molecular weight excluding hydrogens is 258 g/mol. The fourth-order valence-electron chi connectivity index (χ4n) is 2.34. The van der Waals surface area contributed by atoms with Gasteiger partial charge in [-0.3, -0.25) is 0 Å². The molecule has 0 saturated heterocycles. The van der Waals surface area contributed by atoms with Crippen molar-refractivity contribution in [3.05, 3.63) is 71.8 Å². The summed E-state index contributed by atoms with van der Waals surface area (Å²) in [7, 11) is 0. The molecule has 0 aliphatic carbocycles. The highest BCUT2D eigenvalue weighted by molar-refractivity contribution is 5.98. The third-order valence-corrected chi connectivity index (χ3v) is 3.36. The highest BCUT2D eigenvalue weighted by Gasteiger charge is 2.07. The number of para-hydroxylation sites is 1. The van der Waals surface area contributed by atoms with E-state index in [0.717, 1.165) is 22.1 Å². The topological polar surface area (TPSA) is 59.6 Å². The lowest BCUT2D eigenvalue weighted by atomic mass is 10.0. The highest BCUT2D eigenvalue weighted by Crippen LogP contribution is 2.29. The van der Waals surface area contributed by atoms with Gasteiger partial charge in [-0.15, -0.1) is 0 Å². The molecule has 0 radical (unpaired) electrons. The molecule has 1 N–H and O–H groups in total. The Kier molecular flexibility index (Phi) is 3.25. The maximum absolute atomic E-state index is 9.18. The third kappa shape index (κ3) is 2.29. The van der Waals surface area contributed by atoms with Crippen molar-refractivity contribution in [3.63, 3.8) is 0 Å². The van der Waals surface area contributed by atoms with Crippen molar-refractivity contribution < 1.29 is 0 Å². The minimum Gasteiger partial charge on any atom is -0.354 e. The summed E-state index contributed by atoms with van der Waals surface area (Å²) in [6.45, 7) is 0. The zero-order valence-electron chi connectivity index (χ0n) is 11.2. The van der Waals surface area contributed by atoms with Crippen molar-refractivity contribution in [1.29, 1.82) is 10.5 Å². The van der Waals surface area contributed by atoms with Crippen LogP contribution in [0, 0.1) is 22.7 Å². The Morgan fingerprint density at radius 3 is 2.05 bits per heavy atom. The smallest absolute Gasteiger partial charge is 0.101 e. The number of nitrogens with zero attached hydrogens (tertiary/aromatic N) is 2. The van der Waals surface area contributed by atoms with E-state index in [-0.39, 0.29) is 0 Å². The van der Waals surface area contributed by atoms with Gasteiger partial charge in [-0.1, -0.05) is 36.4 Å². The van der Waals surface area contributed by atoms with Crippen LogP contribution in [0.4, 0.5) is 11.4 Å². The number of hydrogen-bond donors (Lipinski definition) is 1. The number of hydrogen-bond acceptors (Lipinski definition) is 3. The summed E-state index contributed by atoms with van der Waals surface area (Å²) in [5.41, 5.74) is 2.87. The number of anilines is 2. The van der Waals surface area contributed by atoms with Gasteiger partial charge in [0.15, 0.2) is 0 Å². The maximum atomic E-state index is 9.18. The number of rotatable bonds is 2. The molecule has 0 unspecified atom stereocenters. The average Bonchev–Trinajstić information content (AvgIpc) is 2.55. The molecule has 0 fully saturated rings. The van der Waals surface area contributed by atoms with Gasteiger partial charge in [-0.25, -0.2) is 0 Å². The Hall–Kier alpha value is -3.30. The molecule has 0 aliphatic heterocycles. The minimum absolute atomic E-state index is 0.589. The van der Waals surface area contributed by atoms with Crippen molar-refractivity contribution in [3.8, 4) is 12.1 Å². The van der Waals surface area contributed by atoms with Crippen molar-refractivity contribution in [2.75, 3.05) is 5.32 Å². The van der Waals surface area contributed by atoms with E-state index in [4.69, 9.17) is 5.26 Å². The van der Waals surface area contributed by atoms with Crippen LogP contribution in [0.2, 0.25) is 0 Å². The Balaban J connectivity index is 2.15. The fourth-order valence-corrected chi connectivity index (χ4v) is 2.34. The lowest BCUT2D eigenvalue weighted by Gasteiger charge is -2.11. The average molecular weight is 269 g/mol. The first-order chi connectivity index (χ1) is 10.3. The van der Waals surface area contributed by atoms with Gasteiger partial charge in [0, 0.05) is 16.5 Å². The normalized spacial score (nSPS) is 9.81. The Bertz CT molecular complexity index is 898. The molecule has 3 aromatic carbocycles. The molecular formula is C18H11N3. The molecule has 3 nitrogen and oxygen atoms in total. The van der Waals surface area contributed by atoms with E-state index in [0.29, 0.717) is 11.1 Å². The second kappa shape index (κ2) is 5.36. The van der Waals surface area contributed by atoms with E-state index in [1.807, 2.05) is 48.5 Å². The molecule has 0 aliphatic rings. The highest BCUT2D eigenvalue weighted by atomic mass is 14.9. The monoisotopic (exact) mass is 269 g/mol. The quantitative estimate of drug-likeness (QED) is 0.753. The predicted molar refractivity (Wildman–Crippen MR) is 83.1 cm³/mol. The Morgan fingerprint density at radius 1 is 0.619 bits per heavy atom. The standard InChI is InChI=1S/C18H11N3/c19-11-13-9-10-18(16-7-3-2-6-15(13)16)21-17-8-4-1-5-14(17)12-20/h1-10,21H. The van der Waals surface area contributed by atoms with Gasteiger partial charge in [0.1, 0.15) is 6.07 Å². The predicted octanol–water partition coefficient (Wildman–Crippen LogP) is 4.33. The summed E-state index contributed by atoms with van der Waals surface area (Å²) < 4.78 is 0. The second-order valence-electron chi connectivity index (χ2n) is 4.60. The van der Waals surface area contributed by atoms with Crippen molar-refractivity contribution in [2.45, 2.75) is 0 Å². The van der Waals surface area contributed by atoms with E-state index < -0.39 is 0 Å². The summed E-state index contributed by atoms with van der Waals surface area (Å²) in [5.74, 6) is 0. The van der Waals surface area contributed by atoms with Gasteiger partial charge >= 0.3 is 0 Å². The van der Waals surface area contributed by atoms with E-state index >= 15 is 0 Å². The van der Waals surface area contributed by atoms with Crippen LogP contribution in [0.1, 0.15) is 11.1 Å². The maximum Gasteiger partial charge on any atom is 0.101 e. The van der Waals surface area contributed by atoms with Crippen molar-refractivity contribution >= 4 is 22.1 Å². The van der Waals surface area contributed by atoms with Crippen LogP contribution in [0.15, 0.2) is 60.7 Å². The molecule has 0 saturated carbocycles. The zero-order chi connectivity index (χ0) is 14.7. The summed E-state index contributed by atoms with van der Waals surface area (Å²) in [4.78, 5) is 0. The first kappa shape index (κ1) is 12.7. The first-order valence-corrected chi connectivity index (χ1v) is 6.51. The molecule has 0 spiro atoms. The van der Waals surface area contributed by atoms with Gasteiger partial charge < -0.3 is 5.32 Å². The van der Waals surface area contributed by atoms with E-state index in [1.165, 1.54) is 0 Å². The summed E-state index contributed by atoms with van der Waals surface area (Å²) in [6, 6.07) is 23.1. The molecule has 0 amide bonds. The Labute approximate surface area is 122 Å². The van der Waals surface area contributed by atoms with Gasteiger partial charge in [-0.2, -0.15) is 10.5 Å². The van der Waals surface area contributed by atoms with Crippen molar-refractivity contribution in [2.24, 2.45) is 0 Å². The molecule has 3 rings (SSSR count). The van der Waals surface area contributed by atoms with Crippen LogP contribution in [0.5, 0.6) is 0 Å². The van der Waals surface area contributed by atoms with Gasteiger partial charge in [0.05, 0.1) is 22.9 Å². The van der Waals surface area contributed by atoms with Gasteiger partial charge in [-0.05, 0) is 24.3 Å². The third-order valence-electron chi connectivity index (χ3n) is 3.36. The van der Waals surface area contributed by atoms with Crippen molar-refractivity contribution in [1.82, 2.24) is 0 Å².